The van der Waals surface area contributed by atoms with Crippen molar-refractivity contribution < 1.29 is 13.9 Å². The van der Waals surface area contributed by atoms with E-state index in [4.69, 9.17) is 9.15 Å². The first-order chi connectivity index (χ1) is 12.9. The van der Waals surface area contributed by atoms with Crippen LogP contribution in [0.5, 0.6) is 0 Å². The minimum atomic E-state index is -0.298. The number of carbonyl (C=O) groups is 1. The molecule has 4 heterocycles. The summed E-state index contributed by atoms with van der Waals surface area (Å²) in [7, 11) is 1.69. The fourth-order valence-electron chi connectivity index (χ4n) is 3.49. The summed E-state index contributed by atoms with van der Waals surface area (Å²) in [5.41, 5.74) is 1.70. The first-order valence-corrected chi connectivity index (χ1v) is 8.99. The Kier molecular flexibility index (Phi) is 4.35. The molecule has 1 N–H and O–H groups in total. The fraction of sp³-hybridized carbons (Fsp3) is 0.421. The lowest BCUT2D eigenvalue weighted by Gasteiger charge is -2.22. The zero-order valence-electron chi connectivity index (χ0n) is 15.6. The molecule has 0 aliphatic carbocycles. The first-order valence-electron chi connectivity index (χ1n) is 8.99. The van der Waals surface area contributed by atoms with Crippen molar-refractivity contribution in [3.63, 3.8) is 0 Å². The molecule has 0 radical (unpaired) electrons. The van der Waals surface area contributed by atoms with E-state index in [1.165, 1.54) is 4.57 Å². The highest BCUT2D eigenvalue weighted by Crippen LogP contribution is 2.25. The Balaban J connectivity index is 1.72. The Morgan fingerprint density at radius 1 is 1.33 bits per heavy atom. The molecule has 27 heavy (non-hydrogen) atoms. The maximum Gasteiger partial charge on any atom is 0.294 e. The number of aromatic nitrogens is 3. The normalized spacial score (nSPS) is 17.4. The lowest BCUT2D eigenvalue weighted by Crippen LogP contribution is -2.40. The number of fused-ring (bicyclic) bond motifs is 1. The molecule has 1 unspecified atom stereocenters. The van der Waals surface area contributed by atoms with Gasteiger partial charge in [0.2, 0.25) is 5.65 Å². The van der Waals surface area contributed by atoms with Crippen molar-refractivity contribution in [2.45, 2.75) is 32.7 Å². The van der Waals surface area contributed by atoms with Crippen molar-refractivity contribution in [1.29, 1.82) is 0 Å². The summed E-state index contributed by atoms with van der Waals surface area (Å²) < 4.78 is 14.1. The zero-order chi connectivity index (χ0) is 19.1. The van der Waals surface area contributed by atoms with E-state index in [0.29, 0.717) is 12.3 Å². The van der Waals surface area contributed by atoms with Crippen molar-refractivity contribution in [1.82, 2.24) is 19.3 Å². The van der Waals surface area contributed by atoms with E-state index in [1.807, 2.05) is 19.9 Å². The second-order valence-corrected chi connectivity index (χ2v) is 6.95. The molecule has 3 aromatic heterocycles. The second kappa shape index (κ2) is 6.70. The highest BCUT2D eigenvalue weighted by atomic mass is 16.5. The molecule has 8 nitrogen and oxygen atoms in total. The van der Waals surface area contributed by atoms with Gasteiger partial charge in [-0.05, 0) is 32.8 Å². The number of nitrogens with zero attached hydrogens (tertiary/aromatic N) is 3. The molecular weight excluding hydrogens is 348 g/mol. The highest BCUT2D eigenvalue weighted by molar-refractivity contribution is 5.93. The van der Waals surface area contributed by atoms with Gasteiger partial charge >= 0.3 is 0 Å². The van der Waals surface area contributed by atoms with E-state index in [0.717, 1.165) is 36.5 Å². The number of amides is 1. The standard InChI is InChI=1S/C19H22N4O4/c1-11-7-14(12(2)27-11)16-9-23-8-15(21-17(23)19(25)22(16)3)18(24)20-13-5-4-6-26-10-13/h7-9,13H,4-6,10H2,1-3H3,(H,20,24). The van der Waals surface area contributed by atoms with Gasteiger partial charge in [0.05, 0.1) is 18.3 Å². The average Bonchev–Trinajstić information content (AvgIpc) is 3.22. The van der Waals surface area contributed by atoms with Gasteiger partial charge in [-0.15, -0.1) is 0 Å². The summed E-state index contributed by atoms with van der Waals surface area (Å²) in [5.74, 6) is 1.21. The van der Waals surface area contributed by atoms with Gasteiger partial charge in [-0.1, -0.05) is 0 Å². The molecule has 1 aliphatic rings. The Bertz CT molecular complexity index is 1070. The van der Waals surface area contributed by atoms with Gasteiger partial charge in [-0.2, -0.15) is 0 Å². The summed E-state index contributed by atoms with van der Waals surface area (Å²) in [6, 6.07) is 1.87. The third-order valence-corrected chi connectivity index (χ3v) is 4.90. The maximum absolute atomic E-state index is 12.8. The van der Waals surface area contributed by atoms with Crippen LogP contribution < -0.4 is 10.9 Å². The Morgan fingerprint density at radius 3 is 2.81 bits per heavy atom. The quantitative estimate of drug-likeness (QED) is 0.759. The Labute approximate surface area is 155 Å². The largest absolute Gasteiger partial charge is 0.466 e. The Morgan fingerprint density at radius 2 is 2.15 bits per heavy atom. The zero-order valence-corrected chi connectivity index (χ0v) is 15.6. The lowest BCUT2D eigenvalue weighted by molar-refractivity contribution is 0.0622. The van der Waals surface area contributed by atoms with Crippen molar-refractivity contribution in [3.05, 3.63) is 46.0 Å². The number of rotatable bonds is 3. The predicted molar refractivity (Wildman–Crippen MR) is 98.9 cm³/mol. The maximum atomic E-state index is 12.8. The predicted octanol–water partition coefficient (Wildman–Crippen LogP) is 1.82. The van der Waals surface area contributed by atoms with Gasteiger partial charge in [-0.3, -0.25) is 14.0 Å². The first kappa shape index (κ1) is 17.5. The van der Waals surface area contributed by atoms with E-state index >= 15 is 0 Å². The number of hydrogen-bond donors (Lipinski definition) is 1. The number of hydrogen-bond acceptors (Lipinski definition) is 5. The molecule has 1 atom stereocenters. The molecule has 0 spiro atoms. The summed E-state index contributed by atoms with van der Waals surface area (Å²) in [6.45, 7) is 4.95. The van der Waals surface area contributed by atoms with Crippen LogP contribution in [0, 0.1) is 13.8 Å². The molecule has 8 heteroatoms. The van der Waals surface area contributed by atoms with Crippen LogP contribution in [0.2, 0.25) is 0 Å². The van der Waals surface area contributed by atoms with Gasteiger partial charge in [0.1, 0.15) is 17.2 Å². The van der Waals surface area contributed by atoms with Crippen LogP contribution in [0.25, 0.3) is 16.9 Å². The molecule has 3 aromatic rings. The van der Waals surface area contributed by atoms with Gasteiger partial charge in [0, 0.05) is 31.6 Å². The van der Waals surface area contributed by atoms with Crippen LogP contribution in [0.3, 0.4) is 0 Å². The van der Waals surface area contributed by atoms with Crippen LogP contribution in [-0.4, -0.2) is 39.1 Å². The van der Waals surface area contributed by atoms with Gasteiger partial charge in [0.25, 0.3) is 11.5 Å². The highest BCUT2D eigenvalue weighted by Gasteiger charge is 2.21. The number of ether oxygens (including phenoxy) is 1. The number of carbonyl (C=O) groups excluding carboxylic acids is 1. The number of imidazole rings is 1. The summed E-state index contributed by atoms with van der Waals surface area (Å²) in [6.07, 6.45) is 5.18. The summed E-state index contributed by atoms with van der Waals surface area (Å²) in [5, 5.41) is 2.93. The van der Waals surface area contributed by atoms with Gasteiger partial charge < -0.3 is 19.0 Å². The smallest absolute Gasteiger partial charge is 0.294 e. The summed E-state index contributed by atoms with van der Waals surface area (Å²) in [4.78, 5) is 29.5. The molecule has 142 valence electrons. The molecule has 1 fully saturated rings. The van der Waals surface area contributed by atoms with E-state index in [9.17, 15) is 9.59 Å². The van der Waals surface area contributed by atoms with Crippen molar-refractivity contribution in [3.8, 4) is 11.3 Å². The van der Waals surface area contributed by atoms with Crippen LogP contribution in [-0.2, 0) is 11.8 Å². The second-order valence-electron chi connectivity index (χ2n) is 6.95. The van der Waals surface area contributed by atoms with E-state index in [1.54, 1.807) is 23.8 Å². The summed E-state index contributed by atoms with van der Waals surface area (Å²) >= 11 is 0. The van der Waals surface area contributed by atoms with Crippen LogP contribution in [0.1, 0.15) is 34.9 Å². The molecule has 0 saturated carbocycles. The lowest BCUT2D eigenvalue weighted by atomic mass is 10.1. The van der Waals surface area contributed by atoms with Crippen LogP contribution in [0.4, 0.5) is 0 Å². The average molecular weight is 370 g/mol. The van der Waals surface area contributed by atoms with E-state index in [2.05, 4.69) is 10.3 Å². The third-order valence-electron chi connectivity index (χ3n) is 4.90. The molecule has 1 aliphatic heterocycles. The molecular formula is C19H22N4O4. The number of nitrogens with one attached hydrogen (secondary N) is 1. The van der Waals surface area contributed by atoms with Crippen LogP contribution in [0.15, 0.2) is 27.7 Å². The molecule has 0 aromatic carbocycles. The minimum absolute atomic E-state index is 0.0222. The van der Waals surface area contributed by atoms with E-state index in [-0.39, 0.29) is 28.8 Å². The Hall–Kier alpha value is -2.87. The molecule has 0 bridgehead atoms. The monoisotopic (exact) mass is 370 g/mol. The molecule has 4 rings (SSSR count). The topological polar surface area (TPSA) is 90.8 Å². The third kappa shape index (κ3) is 3.16. The SMILES string of the molecule is Cc1cc(-c2cn3cc(C(=O)NC4CCCOC4)nc3c(=O)n2C)c(C)o1. The number of furan rings is 1. The van der Waals surface area contributed by atoms with Crippen molar-refractivity contribution in [2.75, 3.05) is 13.2 Å². The minimum Gasteiger partial charge on any atom is -0.466 e. The van der Waals surface area contributed by atoms with Gasteiger partial charge in [0.15, 0.2) is 0 Å². The van der Waals surface area contributed by atoms with E-state index < -0.39 is 0 Å². The van der Waals surface area contributed by atoms with Crippen LogP contribution >= 0.6 is 0 Å². The van der Waals surface area contributed by atoms with Gasteiger partial charge in [-0.25, -0.2) is 4.98 Å². The number of aryl methyl sites for hydroxylation is 2. The molecule has 1 saturated heterocycles. The fourth-order valence-corrected chi connectivity index (χ4v) is 3.49. The molecule has 1 amide bonds. The van der Waals surface area contributed by atoms with Crippen molar-refractivity contribution in [2.24, 2.45) is 7.05 Å². The van der Waals surface area contributed by atoms with Crippen molar-refractivity contribution >= 4 is 11.6 Å².